The van der Waals surface area contributed by atoms with Crippen LogP contribution in [0.1, 0.15) is 0 Å². The van der Waals surface area contributed by atoms with Crippen LogP contribution in [-0.2, 0) is 0 Å². The molecule has 6 nitrogen and oxygen atoms in total. The molecule has 0 radical (unpaired) electrons. The molecule has 0 atom stereocenters. The standard InChI is InChI=1S/C63H38N4O2/c1-4-12-39(13-5-1)41-20-22-43(23-21-41)62-64-61(42-16-8-3-9-17-42)65-63(66-62)47-25-30-52-54-35-45(27-33-57(54)68-59(52)37-47)46-24-29-50-51-31-28-48(38-60(51)69-58(50)36-46)67-55-19-11-10-18-49(55)53-34-44(26-32-56(53)67)40-14-6-2-7-15-40/h1-38H. The zero-order chi connectivity index (χ0) is 45.4. The molecule has 0 fully saturated rings. The van der Waals surface area contributed by atoms with Crippen molar-refractivity contribution < 1.29 is 8.83 Å². The summed E-state index contributed by atoms with van der Waals surface area (Å²) in [7, 11) is 0. The predicted octanol–water partition coefficient (Wildman–Crippen LogP) is 16.8. The Bertz CT molecular complexity index is 4290. The van der Waals surface area contributed by atoms with Gasteiger partial charge < -0.3 is 13.4 Å². The van der Waals surface area contributed by atoms with Gasteiger partial charge in [-0.05, 0) is 100 Å². The first-order valence-electron chi connectivity index (χ1n) is 23.1. The quantitative estimate of drug-likeness (QED) is 0.159. The summed E-state index contributed by atoms with van der Waals surface area (Å²) >= 11 is 0. The van der Waals surface area contributed by atoms with Crippen molar-refractivity contribution >= 4 is 65.7 Å². The summed E-state index contributed by atoms with van der Waals surface area (Å²) in [6.45, 7) is 0. The number of hydrogen-bond acceptors (Lipinski definition) is 5. The van der Waals surface area contributed by atoms with Gasteiger partial charge in [-0.3, -0.25) is 0 Å². The molecule has 4 heterocycles. The van der Waals surface area contributed by atoms with Gasteiger partial charge in [0.25, 0.3) is 0 Å². The monoisotopic (exact) mass is 882 g/mol. The van der Waals surface area contributed by atoms with Gasteiger partial charge in [0.15, 0.2) is 17.5 Å². The number of hydrogen-bond donors (Lipinski definition) is 0. The summed E-state index contributed by atoms with van der Waals surface area (Å²) in [5.74, 6) is 1.79. The van der Waals surface area contributed by atoms with Crippen LogP contribution in [0.4, 0.5) is 0 Å². The maximum Gasteiger partial charge on any atom is 0.164 e. The van der Waals surface area contributed by atoms with E-state index in [4.69, 9.17) is 23.8 Å². The Morgan fingerprint density at radius 3 is 1.39 bits per heavy atom. The molecule has 0 spiro atoms. The van der Waals surface area contributed by atoms with Crippen molar-refractivity contribution in [2.45, 2.75) is 0 Å². The Labute approximate surface area is 396 Å². The fraction of sp³-hybridized carbons (Fsp3) is 0. The van der Waals surface area contributed by atoms with Crippen LogP contribution in [0.25, 0.3) is 139 Å². The smallest absolute Gasteiger partial charge is 0.164 e. The number of nitrogens with zero attached hydrogens (tertiary/aromatic N) is 4. The first-order chi connectivity index (χ1) is 34.1. The van der Waals surface area contributed by atoms with Gasteiger partial charge in [0.05, 0.1) is 11.0 Å². The fourth-order valence-corrected chi connectivity index (χ4v) is 10.0. The SMILES string of the molecule is c1ccc(-c2ccc(-c3nc(-c4ccccc4)nc(-c4ccc5c(c4)oc4ccc(-c6ccc7c(c6)oc6cc(-n8c9ccccc9c9cc(-c%10ccccc%10)ccc98)ccc67)cc45)n3)cc2)cc1. The number of benzene rings is 10. The fourth-order valence-electron chi connectivity index (χ4n) is 10.0. The topological polar surface area (TPSA) is 69.9 Å². The molecule has 0 N–H and O–H groups in total. The van der Waals surface area contributed by atoms with Gasteiger partial charge in [0.1, 0.15) is 22.3 Å². The van der Waals surface area contributed by atoms with Crippen molar-refractivity contribution in [1.82, 2.24) is 19.5 Å². The van der Waals surface area contributed by atoms with E-state index in [2.05, 4.69) is 193 Å². The maximum absolute atomic E-state index is 6.70. The van der Waals surface area contributed by atoms with Crippen LogP contribution in [0.2, 0.25) is 0 Å². The van der Waals surface area contributed by atoms with Gasteiger partial charge in [-0.15, -0.1) is 0 Å². The number of aromatic nitrogens is 4. The summed E-state index contributed by atoms with van der Waals surface area (Å²) in [4.78, 5) is 15.0. The van der Waals surface area contributed by atoms with Gasteiger partial charge in [0.2, 0.25) is 0 Å². The van der Waals surface area contributed by atoms with E-state index in [0.29, 0.717) is 17.5 Å². The second-order valence-corrected chi connectivity index (χ2v) is 17.6. The second kappa shape index (κ2) is 15.6. The van der Waals surface area contributed by atoms with Gasteiger partial charge in [-0.25, -0.2) is 15.0 Å². The lowest BCUT2D eigenvalue weighted by Gasteiger charge is -2.09. The Hall–Kier alpha value is -9.39. The van der Waals surface area contributed by atoms with E-state index in [1.54, 1.807) is 0 Å². The van der Waals surface area contributed by atoms with E-state index in [0.717, 1.165) is 99.5 Å². The van der Waals surface area contributed by atoms with E-state index in [1.807, 2.05) is 42.5 Å². The summed E-state index contributed by atoms with van der Waals surface area (Å²) in [6.07, 6.45) is 0. The largest absolute Gasteiger partial charge is 0.456 e. The molecule has 0 saturated carbocycles. The predicted molar refractivity (Wildman–Crippen MR) is 281 cm³/mol. The van der Waals surface area contributed by atoms with Crippen LogP contribution in [0.15, 0.2) is 239 Å². The molecule has 10 aromatic carbocycles. The molecule has 0 aliphatic rings. The van der Waals surface area contributed by atoms with Crippen LogP contribution in [0.3, 0.4) is 0 Å². The molecule has 0 aliphatic heterocycles. The Kier molecular flexibility index (Phi) is 8.79. The lowest BCUT2D eigenvalue weighted by molar-refractivity contribution is 0.669. The molecular formula is C63H38N4O2. The van der Waals surface area contributed by atoms with Crippen LogP contribution in [0, 0.1) is 0 Å². The molecular weight excluding hydrogens is 845 g/mol. The minimum absolute atomic E-state index is 0.577. The van der Waals surface area contributed by atoms with Crippen molar-refractivity contribution in [2.75, 3.05) is 0 Å². The highest BCUT2D eigenvalue weighted by atomic mass is 16.3. The molecule has 69 heavy (non-hydrogen) atoms. The highest BCUT2D eigenvalue weighted by molar-refractivity contribution is 6.12. The third-order valence-electron chi connectivity index (χ3n) is 13.5. The highest BCUT2D eigenvalue weighted by Crippen LogP contribution is 2.40. The van der Waals surface area contributed by atoms with Crippen LogP contribution < -0.4 is 0 Å². The van der Waals surface area contributed by atoms with Crippen molar-refractivity contribution in [3.8, 4) is 73.2 Å². The number of rotatable bonds is 7. The van der Waals surface area contributed by atoms with Crippen molar-refractivity contribution in [3.63, 3.8) is 0 Å². The molecule has 14 rings (SSSR count). The number of furan rings is 2. The Balaban J connectivity index is 0.806. The van der Waals surface area contributed by atoms with Crippen molar-refractivity contribution in [1.29, 1.82) is 0 Å². The summed E-state index contributed by atoms with van der Waals surface area (Å²) in [5.41, 5.74) is 16.2. The first kappa shape index (κ1) is 38.8. The molecule has 0 saturated heterocycles. The van der Waals surface area contributed by atoms with E-state index in [-0.39, 0.29) is 0 Å². The van der Waals surface area contributed by atoms with Crippen LogP contribution in [-0.4, -0.2) is 19.5 Å². The molecule has 6 heteroatoms. The van der Waals surface area contributed by atoms with Gasteiger partial charge in [0, 0.05) is 60.8 Å². The van der Waals surface area contributed by atoms with Gasteiger partial charge >= 0.3 is 0 Å². The lowest BCUT2D eigenvalue weighted by Crippen LogP contribution is -2.00. The third-order valence-corrected chi connectivity index (χ3v) is 13.5. The summed E-state index contributed by atoms with van der Waals surface area (Å²) in [5, 5.41) is 6.66. The summed E-state index contributed by atoms with van der Waals surface area (Å²) in [6, 6.07) is 80.5. The Morgan fingerprint density at radius 1 is 0.246 bits per heavy atom. The Morgan fingerprint density at radius 2 is 0.667 bits per heavy atom. The normalized spacial score (nSPS) is 11.8. The third kappa shape index (κ3) is 6.61. The molecule has 322 valence electrons. The minimum Gasteiger partial charge on any atom is -0.456 e. The number of para-hydroxylation sites is 1. The molecule has 14 aromatic rings. The highest BCUT2D eigenvalue weighted by Gasteiger charge is 2.18. The molecule has 0 unspecified atom stereocenters. The van der Waals surface area contributed by atoms with Crippen molar-refractivity contribution in [2.24, 2.45) is 0 Å². The molecule has 0 amide bonds. The van der Waals surface area contributed by atoms with Gasteiger partial charge in [-0.1, -0.05) is 158 Å². The average Bonchev–Trinajstić information content (AvgIpc) is 4.09. The van der Waals surface area contributed by atoms with E-state index in [9.17, 15) is 0 Å². The van der Waals surface area contributed by atoms with Crippen molar-refractivity contribution in [3.05, 3.63) is 231 Å². The van der Waals surface area contributed by atoms with Crippen LogP contribution >= 0.6 is 0 Å². The van der Waals surface area contributed by atoms with E-state index in [1.165, 1.54) is 21.9 Å². The zero-order valence-electron chi connectivity index (χ0n) is 37.0. The maximum atomic E-state index is 6.70. The zero-order valence-corrected chi connectivity index (χ0v) is 37.0. The second-order valence-electron chi connectivity index (χ2n) is 17.6. The minimum atomic E-state index is 0.577. The average molecular weight is 883 g/mol. The lowest BCUT2D eigenvalue weighted by atomic mass is 10.0. The first-order valence-corrected chi connectivity index (χ1v) is 23.1. The van der Waals surface area contributed by atoms with E-state index < -0.39 is 0 Å². The molecule has 0 aliphatic carbocycles. The van der Waals surface area contributed by atoms with E-state index >= 15 is 0 Å². The molecule has 0 bridgehead atoms. The number of fused-ring (bicyclic) bond motifs is 9. The van der Waals surface area contributed by atoms with Crippen LogP contribution in [0.5, 0.6) is 0 Å². The van der Waals surface area contributed by atoms with Gasteiger partial charge in [-0.2, -0.15) is 0 Å². The summed E-state index contributed by atoms with van der Waals surface area (Å²) < 4.78 is 15.6. The molecule has 4 aromatic heterocycles.